The molecule has 0 radical (unpaired) electrons. The molecular weight excluding hydrogens is 253 g/mol. The zero-order chi connectivity index (χ0) is 15.0. The van der Waals surface area contributed by atoms with Gasteiger partial charge in [0, 0.05) is 12.5 Å². The van der Waals surface area contributed by atoms with Gasteiger partial charge in [0.05, 0.1) is 6.04 Å². The Bertz CT molecular complexity index is 301. The van der Waals surface area contributed by atoms with Crippen molar-refractivity contribution in [1.29, 1.82) is 0 Å². The van der Waals surface area contributed by atoms with Crippen molar-refractivity contribution >= 4 is 19.0 Å². The Kier molecular flexibility index (Phi) is 8.32. The minimum absolute atomic E-state index is 0.0926. The van der Waals surface area contributed by atoms with Gasteiger partial charge in [-0.15, -0.1) is 0 Å². The van der Waals surface area contributed by atoms with Gasteiger partial charge in [-0.25, -0.2) is 0 Å². The van der Waals surface area contributed by atoms with E-state index in [9.17, 15) is 9.59 Å². The van der Waals surface area contributed by atoms with E-state index in [0.29, 0.717) is 12.8 Å². The van der Waals surface area contributed by atoms with Crippen molar-refractivity contribution in [2.45, 2.75) is 38.2 Å². The van der Waals surface area contributed by atoms with Gasteiger partial charge in [-0.3, -0.25) is 9.59 Å². The highest BCUT2D eigenvalue weighted by Gasteiger charge is 2.25. The van der Waals surface area contributed by atoms with E-state index in [0.717, 1.165) is 0 Å². The van der Waals surface area contributed by atoms with Crippen molar-refractivity contribution in [1.82, 2.24) is 5.32 Å². The molecule has 0 bridgehead atoms. The third-order valence-electron chi connectivity index (χ3n) is 2.78. The number of carboxylic acid groups (broad SMARTS) is 1. The molecule has 0 aliphatic rings. The molecule has 0 aromatic heterocycles. The van der Waals surface area contributed by atoms with Crippen LogP contribution in [0.1, 0.15) is 19.8 Å². The molecule has 8 N–H and O–H groups in total. The maximum atomic E-state index is 11.3. The van der Waals surface area contributed by atoms with E-state index in [2.05, 4.69) is 5.32 Å². The summed E-state index contributed by atoms with van der Waals surface area (Å²) in [5.41, 5.74) is 10.9. The van der Waals surface area contributed by atoms with Crippen LogP contribution in [0.2, 0.25) is 6.32 Å². The first-order valence-electron chi connectivity index (χ1n) is 6.13. The molecule has 0 aromatic rings. The van der Waals surface area contributed by atoms with Gasteiger partial charge >= 0.3 is 13.1 Å². The molecule has 9 heteroatoms. The fraction of sp³-hybridized carbons (Fsp3) is 0.800. The van der Waals surface area contributed by atoms with E-state index in [4.69, 9.17) is 26.6 Å². The minimum atomic E-state index is -1.43. The highest BCUT2D eigenvalue weighted by molar-refractivity contribution is 6.40. The van der Waals surface area contributed by atoms with Gasteiger partial charge in [0.2, 0.25) is 5.91 Å². The Morgan fingerprint density at radius 3 is 2.32 bits per heavy atom. The van der Waals surface area contributed by atoms with Crippen LogP contribution in [0.5, 0.6) is 0 Å². The van der Waals surface area contributed by atoms with Crippen molar-refractivity contribution in [3.05, 3.63) is 0 Å². The zero-order valence-corrected chi connectivity index (χ0v) is 11.0. The van der Waals surface area contributed by atoms with E-state index in [1.165, 1.54) is 6.92 Å². The Morgan fingerprint density at radius 1 is 1.32 bits per heavy atom. The summed E-state index contributed by atoms with van der Waals surface area (Å²) in [5, 5.41) is 28.8. The van der Waals surface area contributed by atoms with Gasteiger partial charge in [-0.05, 0) is 19.7 Å². The summed E-state index contributed by atoms with van der Waals surface area (Å²) in [6.45, 7) is 1.61. The van der Waals surface area contributed by atoms with Crippen LogP contribution in [0.3, 0.4) is 0 Å². The first-order valence-corrected chi connectivity index (χ1v) is 6.13. The van der Waals surface area contributed by atoms with Crippen molar-refractivity contribution < 1.29 is 24.7 Å². The predicted molar refractivity (Wildman–Crippen MR) is 70.0 cm³/mol. The van der Waals surface area contributed by atoms with E-state index >= 15 is 0 Å². The van der Waals surface area contributed by atoms with Gasteiger partial charge in [-0.2, -0.15) is 0 Å². The van der Waals surface area contributed by atoms with E-state index in [-0.39, 0.29) is 18.8 Å². The summed E-state index contributed by atoms with van der Waals surface area (Å²) in [5.74, 6) is -2.03. The lowest BCUT2D eigenvalue weighted by molar-refractivity contribution is -0.140. The van der Waals surface area contributed by atoms with Crippen LogP contribution in [-0.4, -0.2) is 52.8 Å². The molecule has 0 saturated heterocycles. The van der Waals surface area contributed by atoms with Crippen LogP contribution < -0.4 is 16.8 Å². The van der Waals surface area contributed by atoms with Gasteiger partial charge in [-0.1, -0.05) is 6.42 Å². The summed E-state index contributed by atoms with van der Waals surface area (Å²) in [7, 11) is -1.43. The average Bonchev–Trinajstić information content (AvgIpc) is 2.31. The summed E-state index contributed by atoms with van der Waals surface area (Å²) >= 11 is 0. The normalized spacial score (nSPS) is 15.4. The topological polar surface area (TPSA) is 159 Å². The lowest BCUT2D eigenvalue weighted by atomic mass is 9.81. The second kappa shape index (κ2) is 8.86. The van der Waals surface area contributed by atoms with Crippen molar-refractivity contribution in [2.24, 2.45) is 17.4 Å². The SMILES string of the molecule is C[C@H](N)C(=O)NC[C@@H](CCCB(O)O)[C@H](N)C(=O)O. The fourth-order valence-electron chi connectivity index (χ4n) is 1.57. The van der Waals surface area contributed by atoms with Crippen LogP contribution in [0.4, 0.5) is 0 Å². The number of amides is 1. The molecule has 8 nitrogen and oxygen atoms in total. The average molecular weight is 275 g/mol. The van der Waals surface area contributed by atoms with Crippen LogP contribution in [-0.2, 0) is 9.59 Å². The molecule has 0 heterocycles. The molecule has 3 atom stereocenters. The number of nitrogens with one attached hydrogen (secondary N) is 1. The fourth-order valence-corrected chi connectivity index (χ4v) is 1.57. The number of carbonyl (C=O) groups excluding carboxylic acids is 1. The lowest BCUT2D eigenvalue weighted by Crippen LogP contribution is -2.47. The number of aliphatic carboxylic acids is 1. The molecule has 0 fully saturated rings. The highest BCUT2D eigenvalue weighted by Crippen LogP contribution is 2.12. The van der Waals surface area contributed by atoms with E-state index < -0.39 is 31.1 Å². The van der Waals surface area contributed by atoms with Crippen LogP contribution in [0.25, 0.3) is 0 Å². The Morgan fingerprint density at radius 2 is 1.89 bits per heavy atom. The van der Waals surface area contributed by atoms with Crippen molar-refractivity contribution in [3.8, 4) is 0 Å². The number of carboxylic acids is 1. The highest BCUT2D eigenvalue weighted by atomic mass is 16.4. The largest absolute Gasteiger partial charge is 0.480 e. The molecule has 0 aliphatic heterocycles. The van der Waals surface area contributed by atoms with Crippen molar-refractivity contribution in [3.63, 3.8) is 0 Å². The summed E-state index contributed by atoms with van der Waals surface area (Å²) in [6.07, 6.45) is 0.895. The third-order valence-corrected chi connectivity index (χ3v) is 2.78. The van der Waals surface area contributed by atoms with Gasteiger partial charge in [0.1, 0.15) is 6.04 Å². The third kappa shape index (κ3) is 7.78. The van der Waals surface area contributed by atoms with Crippen LogP contribution in [0.15, 0.2) is 0 Å². The van der Waals surface area contributed by atoms with E-state index in [1.807, 2.05) is 0 Å². The number of hydrogen-bond acceptors (Lipinski definition) is 6. The number of carbonyl (C=O) groups is 2. The molecule has 0 aliphatic carbocycles. The molecule has 1 amide bonds. The summed E-state index contributed by atoms with van der Waals surface area (Å²) in [6, 6.07) is -1.80. The molecule has 0 unspecified atom stereocenters. The standard InChI is InChI=1S/C10H22BN3O5/c1-6(12)9(15)14-5-7(8(13)10(16)17)3-2-4-11(18)19/h6-8,18-19H,2-5,12-13H2,1H3,(H,14,15)(H,16,17)/t6-,7+,8-/m0/s1. The first-order chi connectivity index (χ1) is 8.75. The summed E-state index contributed by atoms with van der Waals surface area (Å²) in [4.78, 5) is 22.2. The summed E-state index contributed by atoms with van der Waals surface area (Å²) < 4.78 is 0. The first kappa shape index (κ1) is 17.8. The van der Waals surface area contributed by atoms with Gasteiger partial charge in [0.15, 0.2) is 0 Å². The number of hydrogen-bond donors (Lipinski definition) is 6. The molecule has 19 heavy (non-hydrogen) atoms. The van der Waals surface area contributed by atoms with Crippen LogP contribution in [0, 0.1) is 5.92 Å². The second-order valence-corrected chi connectivity index (χ2v) is 4.57. The predicted octanol–water partition coefficient (Wildman–Crippen LogP) is -2.27. The lowest BCUT2D eigenvalue weighted by Gasteiger charge is -2.21. The maximum absolute atomic E-state index is 11.3. The Hall–Kier alpha value is -1.16. The smallest absolute Gasteiger partial charge is 0.451 e. The van der Waals surface area contributed by atoms with E-state index in [1.54, 1.807) is 0 Å². The molecule has 0 rings (SSSR count). The quantitative estimate of drug-likeness (QED) is 0.259. The second-order valence-electron chi connectivity index (χ2n) is 4.57. The monoisotopic (exact) mass is 275 g/mol. The molecule has 0 saturated carbocycles. The Labute approximate surface area is 112 Å². The minimum Gasteiger partial charge on any atom is -0.480 e. The maximum Gasteiger partial charge on any atom is 0.451 e. The van der Waals surface area contributed by atoms with Crippen molar-refractivity contribution in [2.75, 3.05) is 6.54 Å². The molecule has 0 spiro atoms. The Balaban J connectivity index is 4.33. The number of rotatable bonds is 9. The zero-order valence-electron chi connectivity index (χ0n) is 11.0. The molecule has 0 aromatic carbocycles. The van der Waals surface area contributed by atoms with Gasteiger partial charge in [0.25, 0.3) is 0 Å². The van der Waals surface area contributed by atoms with Crippen LogP contribution >= 0.6 is 0 Å². The molecular formula is C10H22BN3O5. The molecule has 110 valence electrons. The van der Waals surface area contributed by atoms with Gasteiger partial charge < -0.3 is 31.9 Å². The number of nitrogens with two attached hydrogens (primary N) is 2.